The Balaban J connectivity index is 1.16. The summed E-state index contributed by atoms with van der Waals surface area (Å²) in [5.41, 5.74) is 1.69. The summed E-state index contributed by atoms with van der Waals surface area (Å²) in [5, 5.41) is 3.17. The Morgan fingerprint density at radius 1 is 1.08 bits per heavy atom. The van der Waals surface area contributed by atoms with E-state index in [1.54, 1.807) is 0 Å². The standard InChI is InChI=1S/C21H27NO2/c23-20(19-10-17-3-1-2-4-18(17)24-19)22-6-5-21-11-14-7-15(12-21)9-16(8-14)13-21/h1-4,14-16,19H,5-13H2,(H,22,23). The van der Waals surface area contributed by atoms with Gasteiger partial charge in [0.05, 0.1) is 0 Å². The van der Waals surface area contributed by atoms with E-state index in [-0.39, 0.29) is 12.0 Å². The van der Waals surface area contributed by atoms with Crippen LogP contribution in [0.25, 0.3) is 0 Å². The Labute approximate surface area is 144 Å². The molecule has 1 atom stereocenters. The number of nitrogens with one attached hydrogen (secondary N) is 1. The molecule has 4 aliphatic carbocycles. The number of para-hydroxylation sites is 1. The average Bonchev–Trinajstić information content (AvgIpc) is 2.97. The Hall–Kier alpha value is -1.51. The van der Waals surface area contributed by atoms with Crippen molar-refractivity contribution in [3.8, 4) is 5.75 Å². The van der Waals surface area contributed by atoms with E-state index in [0.29, 0.717) is 11.8 Å². The van der Waals surface area contributed by atoms with Gasteiger partial charge < -0.3 is 10.1 Å². The van der Waals surface area contributed by atoms with Crippen LogP contribution in [0.3, 0.4) is 0 Å². The molecule has 0 radical (unpaired) electrons. The zero-order chi connectivity index (χ0) is 16.1. The Kier molecular flexibility index (Phi) is 3.39. The van der Waals surface area contributed by atoms with Gasteiger partial charge in [-0.2, -0.15) is 0 Å². The molecule has 128 valence electrons. The minimum Gasteiger partial charge on any atom is -0.480 e. The minimum atomic E-state index is -0.334. The quantitative estimate of drug-likeness (QED) is 0.916. The first-order chi connectivity index (χ1) is 11.7. The van der Waals surface area contributed by atoms with Crippen LogP contribution in [0.15, 0.2) is 24.3 Å². The van der Waals surface area contributed by atoms with E-state index in [9.17, 15) is 4.79 Å². The number of benzene rings is 1. The summed E-state index contributed by atoms with van der Waals surface area (Å²) in [6.07, 6.45) is 10.3. The number of carbonyl (C=O) groups is 1. The third kappa shape index (κ3) is 2.53. The lowest BCUT2D eigenvalue weighted by molar-refractivity contribution is -0.127. The van der Waals surface area contributed by atoms with E-state index in [1.807, 2.05) is 18.2 Å². The molecular weight excluding hydrogens is 298 g/mol. The van der Waals surface area contributed by atoms with Crippen molar-refractivity contribution in [1.29, 1.82) is 0 Å². The van der Waals surface area contributed by atoms with Gasteiger partial charge in [0.2, 0.25) is 0 Å². The van der Waals surface area contributed by atoms with Crippen molar-refractivity contribution in [2.75, 3.05) is 6.54 Å². The molecule has 24 heavy (non-hydrogen) atoms. The summed E-state index contributed by atoms with van der Waals surface area (Å²) in [5.74, 6) is 3.90. The van der Waals surface area contributed by atoms with Gasteiger partial charge in [-0.15, -0.1) is 0 Å². The summed E-state index contributed by atoms with van der Waals surface area (Å²) >= 11 is 0. The molecule has 4 bridgehead atoms. The minimum absolute atomic E-state index is 0.0657. The molecule has 5 aliphatic rings. The fourth-order valence-corrected chi connectivity index (χ4v) is 6.49. The second-order valence-corrected chi connectivity index (χ2v) is 8.88. The zero-order valence-electron chi connectivity index (χ0n) is 14.3. The molecule has 6 rings (SSSR count). The Morgan fingerprint density at radius 2 is 1.75 bits per heavy atom. The first-order valence-corrected chi connectivity index (χ1v) is 9.71. The first-order valence-electron chi connectivity index (χ1n) is 9.71. The number of rotatable bonds is 4. The largest absolute Gasteiger partial charge is 0.480 e. The van der Waals surface area contributed by atoms with Crippen molar-refractivity contribution in [2.24, 2.45) is 23.2 Å². The van der Waals surface area contributed by atoms with Crippen LogP contribution in [0, 0.1) is 23.2 Å². The highest BCUT2D eigenvalue weighted by Gasteiger charge is 2.50. The van der Waals surface area contributed by atoms with Gasteiger partial charge in [0, 0.05) is 13.0 Å². The lowest BCUT2D eigenvalue weighted by atomic mass is 9.49. The molecule has 3 nitrogen and oxygen atoms in total. The maximum atomic E-state index is 12.5. The van der Waals surface area contributed by atoms with Crippen LogP contribution in [-0.2, 0) is 11.2 Å². The third-order valence-corrected chi connectivity index (χ3v) is 7.06. The van der Waals surface area contributed by atoms with E-state index in [4.69, 9.17) is 4.74 Å². The molecule has 1 heterocycles. The molecule has 1 unspecified atom stereocenters. The second-order valence-electron chi connectivity index (χ2n) is 8.88. The van der Waals surface area contributed by atoms with Gasteiger partial charge >= 0.3 is 0 Å². The lowest BCUT2D eigenvalue weighted by Crippen LogP contribution is -2.48. The number of amides is 1. The molecule has 0 aromatic heterocycles. The van der Waals surface area contributed by atoms with E-state index in [1.165, 1.54) is 44.9 Å². The fourth-order valence-electron chi connectivity index (χ4n) is 6.49. The van der Waals surface area contributed by atoms with Crippen molar-refractivity contribution in [1.82, 2.24) is 5.32 Å². The fraction of sp³-hybridized carbons (Fsp3) is 0.667. The van der Waals surface area contributed by atoms with Gasteiger partial charge in [0.25, 0.3) is 5.91 Å². The summed E-state index contributed by atoms with van der Waals surface area (Å²) in [4.78, 5) is 12.5. The molecule has 1 aliphatic heterocycles. The van der Waals surface area contributed by atoms with Crippen LogP contribution in [0.1, 0.15) is 50.5 Å². The average molecular weight is 325 g/mol. The SMILES string of the molecule is O=C(NCCC12CC3CC(CC(C3)C1)C2)C1Cc2ccccc2O1. The highest BCUT2D eigenvalue weighted by molar-refractivity contribution is 5.82. The van der Waals surface area contributed by atoms with E-state index in [2.05, 4.69) is 11.4 Å². The van der Waals surface area contributed by atoms with Crippen LogP contribution >= 0.6 is 0 Å². The summed E-state index contributed by atoms with van der Waals surface area (Å²) < 4.78 is 5.80. The molecule has 1 amide bonds. The van der Waals surface area contributed by atoms with Crippen molar-refractivity contribution >= 4 is 5.91 Å². The van der Waals surface area contributed by atoms with E-state index >= 15 is 0 Å². The maximum absolute atomic E-state index is 12.5. The predicted molar refractivity (Wildman–Crippen MR) is 92.8 cm³/mol. The van der Waals surface area contributed by atoms with Crippen LogP contribution < -0.4 is 10.1 Å². The van der Waals surface area contributed by atoms with Crippen molar-refractivity contribution < 1.29 is 9.53 Å². The maximum Gasteiger partial charge on any atom is 0.261 e. The van der Waals surface area contributed by atoms with Gasteiger partial charge in [-0.1, -0.05) is 18.2 Å². The number of carbonyl (C=O) groups excluding carboxylic acids is 1. The Morgan fingerprint density at radius 3 is 2.42 bits per heavy atom. The smallest absolute Gasteiger partial charge is 0.261 e. The monoisotopic (exact) mass is 325 g/mol. The molecule has 0 spiro atoms. The van der Waals surface area contributed by atoms with Crippen molar-refractivity contribution in [2.45, 2.75) is 57.5 Å². The van der Waals surface area contributed by atoms with E-state index < -0.39 is 0 Å². The van der Waals surface area contributed by atoms with Gasteiger partial charge in [0.15, 0.2) is 6.10 Å². The van der Waals surface area contributed by atoms with E-state index in [0.717, 1.165) is 35.6 Å². The third-order valence-electron chi connectivity index (χ3n) is 7.06. The number of hydrogen-bond donors (Lipinski definition) is 1. The second kappa shape index (κ2) is 5.50. The Bertz CT molecular complexity index is 593. The molecule has 4 saturated carbocycles. The first kappa shape index (κ1) is 14.8. The zero-order valence-corrected chi connectivity index (χ0v) is 14.3. The summed E-state index contributed by atoms with van der Waals surface area (Å²) in [6, 6.07) is 7.98. The normalized spacial score (nSPS) is 38.7. The molecule has 0 saturated heterocycles. The number of hydrogen-bond acceptors (Lipinski definition) is 2. The van der Waals surface area contributed by atoms with Gasteiger partial charge in [-0.05, 0) is 79.7 Å². The molecule has 4 fully saturated rings. The van der Waals surface area contributed by atoms with Crippen LogP contribution in [0.2, 0.25) is 0 Å². The lowest BCUT2D eigenvalue weighted by Gasteiger charge is -2.57. The predicted octanol–water partition coefficient (Wildman–Crippen LogP) is 3.71. The van der Waals surface area contributed by atoms with Gasteiger partial charge in [0.1, 0.15) is 5.75 Å². The topological polar surface area (TPSA) is 38.3 Å². The molecule has 1 N–H and O–H groups in total. The van der Waals surface area contributed by atoms with Gasteiger partial charge in [-0.25, -0.2) is 0 Å². The molecule has 3 heteroatoms. The molecule has 1 aromatic carbocycles. The van der Waals surface area contributed by atoms with Crippen LogP contribution in [0.4, 0.5) is 0 Å². The highest BCUT2D eigenvalue weighted by atomic mass is 16.5. The number of fused-ring (bicyclic) bond motifs is 1. The summed E-state index contributed by atoms with van der Waals surface area (Å²) in [6.45, 7) is 0.821. The molecular formula is C21H27NO2. The highest BCUT2D eigenvalue weighted by Crippen LogP contribution is 2.61. The van der Waals surface area contributed by atoms with Crippen LogP contribution in [-0.4, -0.2) is 18.6 Å². The molecule has 1 aromatic rings. The number of ether oxygens (including phenoxy) is 1. The van der Waals surface area contributed by atoms with Crippen LogP contribution in [0.5, 0.6) is 5.75 Å². The van der Waals surface area contributed by atoms with Crippen molar-refractivity contribution in [3.05, 3.63) is 29.8 Å². The van der Waals surface area contributed by atoms with Crippen molar-refractivity contribution in [3.63, 3.8) is 0 Å². The summed E-state index contributed by atoms with van der Waals surface area (Å²) in [7, 11) is 0. The van der Waals surface area contributed by atoms with Gasteiger partial charge in [-0.3, -0.25) is 4.79 Å².